The maximum atomic E-state index is 3.71. The highest BCUT2D eigenvalue weighted by Crippen LogP contribution is 2.41. The summed E-state index contributed by atoms with van der Waals surface area (Å²) in [5, 5.41) is 7.62. The highest BCUT2D eigenvalue weighted by molar-refractivity contribution is 9.11. The second-order valence-electron chi connectivity index (χ2n) is 5.78. The van der Waals surface area contributed by atoms with Crippen LogP contribution in [-0.2, 0) is 0 Å². The fraction of sp³-hybridized carbons (Fsp3) is 0. The van der Waals surface area contributed by atoms with Crippen LogP contribution in [0.1, 0.15) is 0 Å². The number of hydrogen-bond donors (Lipinski definition) is 1. The third-order valence-corrected chi connectivity index (χ3v) is 5.82. The van der Waals surface area contributed by atoms with Crippen molar-refractivity contribution in [2.24, 2.45) is 0 Å². The van der Waals surface area contributed by atoms with Crippen LogP contribution in [0.5, 0.6) is 0 Å². The third-order valence-electron chi connectivity index (χ3n) is 4.51. The summed E-state index contributed by atoms with van der Waals surface area (Å²) in [6.45, 7) is 0. The largest absolute Gasteiger partial charge is 0.354 e. The zero-order valence-electron chi connectivity index (χ0n) is 12.0. The number of nitrogens with one attached hydrogen (secondary N) is 1. The smallest absolute Gasteiger partial charge is 0.0482 e. The molecule has 1 N–H and O–H groups in total. The van der Waals surface area contributed by atoms with E-state index >= 15 is 0 Å². The van der Waals surface area contributed by atoms with Crippen molar-refractivity contribution in [2.75, 3.05) is 0 Å². The van der Waals surface area contributed by atoms with Crippen LogP contribution in [0.3, 0.4) is 0 Å². The highest BCUT2D eigenvalue weighted by Gasteiger charge is 2.14. The Bertz CT molecular complexity index is 1140. The van der Waals surface area contributed by atoms with Crippen molar-refractivity contribution < 1.29 is 0 Å². The van der Waals surface area contributed by atoms with E-state index in [0.717, 1.165) is 20.0 Å². The molecule has 0 bridgehead atoms. The van der Waals surface area contributed by atoms with Crippen LogP contribution in [0.4, 0.5) is 0 Å². The van der Waals surface area contributed by atoms with Gasteiger partial charge in [0.05, 0.1) is 0 Å². The average molecular weight is 425 g/mol. The number of fused-ring (bicyclic) bond motifs is 7. The Labute approximate surface area is 149 Å². The first-order valence-electron chi connectivity index (χ1n) is 7.44. The molecule has 0 spiro atoms. The van der Waals surface area contributed by atoms with Gasteiger partial charge in [-0.2, -0.15) is 0 Å². The molecule has 0 aliphatic heterocycles. The van der Waals surface area contributed by atoms with Gasteiger partial charge >= 0.3 is 0 Å². The Balaban J connectivity index is 2.18. The highest BCUT2D eigenvalue weighted by atomic mass is 79.9. The predicted molar refractivity (Wildman–Crippen MR) is 106 cm³/mol. The second-order valence-corrected chi connectivity index (χ2v) is 7.49. The van der Waals surface area contributed by atoms with E-state index in [9.17, 15) is 0 Å². The van der Waals surface area contributed by atoms with E-state index in [2.05, 4.69) is 97.5 Å². The molecule has 0 aliphatic rings. The van der Waals surface area contributed by atoms with Gasteiger partial charge in [0.25, 0.3) is 0 Å². The van der Waals surface area contributed by atoms with Gasteiger partial charge < -0.3 is 4.98 Å². The number of benzene rings is 4. The van der Waals surface area contributed by atoms with Crippen molar-refractivity contribution >= 4 is 75.2 Å². The average Bonchev–Trinajstić information content (AvgIpc) is 2.93. The van der Waals surface area contributed by atoms with E-state index in [1.807, 2.05) is 0 Å². The summed E-state index contributed by atoms with van der Waals surface area (Å²) in [5.74, 6) is 0. The lowest BCUT2D eigenvalue weighted by Crippen LogP contribution is -1.79. The van der Waals surface area contributed by atoms with Crippen LogP contribution in [-0.4, -0.2) is 4.98 Å². The summed E-state index contributed by atoms with van der Waals surface area (Å²) >= 11 is 7.42. The molecule has 0 atom stereocenters. The van der Waals surface area contributed by atoms with E-state index in [0.29, 0.717) is 0 Å². The maximum absolute atomic E-state index is 3.71. The molecule has 1 nitrogen and oxygen atoms in total. The van der Waals surface area contributed by atoms with Gasteiger partial charge in [0.15, 0.2) is 0 Å². The van der Waals surface area contributed by atoms with Crippen molar-refractivity contribution in [1.82, 2.24) is 4.98 Å². The van der Waals surface area contributed by atoms with E-state index in [-0.39, 0.29) is 0 Å². The Morgan fingerprint density at radius 2 is 0.957 bits per heavy atom. The Kier molecular flexibility index (Phi) is 2.85. The van der Waals surface area contributed by atoms with Gasteiger partial charge in [-0.1, -0.05) is 80.4 Å². The quantitative estimate of drug-likeness (QED) is 0.271. The molecule has 5 rings (SSSR count). The molecule has 0 amide bonds. The first kappa shape index (κ1) is 13.6. The van der Waals surface area contributed by atoms with Crippen LogP contribution in [0.2, 0.25) is 0 Å². The van der Waals surface area contributed by atoms with E-state index < -0.39 is 0 Å². The monoisotopic (exact) mass is 423 g/mol. The molecule has 0 fully saturated rings. The van der Waals surface area contributed by atoms with Gasteiger partial charge in [0.1, 0.15) is 0 Å². The van der Waals surface area contributed by atoms with Gasteiger partial charge in [-0.05, 0) is 33.7 Å². The molecule has 110 valence electrons. The Hall–Kier alpha value is -1.84. The number of halogens is 2. The Morgan fingerprint density at radius 3 is 1.39 bits per heavy atom. The van der Waals surface area contributed by atoms with Crippen LogP contribution in [0, 0.1) is 0 Å². The van der Waals surface area contributed by atoms with Gasteiger partial charge in [0, 0.05) is 30.8 Å². The van der Waals surface area contributed by atoms with Gasteiger partial charge in [-0.25, -0.2) is 0 Å². The fourth-order valence-electron chi connectivity index (χ4n) is 3.54. The lowest BCUT2D eigenvalue weighted by atomic mass is 10.00. The molecule has 1 aromatic heterocycles. The zero-order valence-corrected chi connectivity index (χ0v) is 15.2. The lowest BCUT2D eigenvalue weighted by Gasteiger charge is -2.06. The van der Waals surface area contributed by atoms with E-state index in [1.54, 1.807) is 0 Å². The molecule has 5 aromatic rings. The van der Waals surface area contributed by atoms with Crippen molar-refractivity contribution in [3.05, 3.63) is 69.6 Å². The minimum atomic E-state index is 1.12. The van der Waals surface area contributed by atoms with Crippen LogP contribution in [0.15, 0.2) is 69.6 Å². The Morgan fingerprint density at radius 1 is 0.565 bits per heavy atom. The van der Waals surface area contributed by atoms with Gasteiger partial charge in [-0.3, -0.25) is 0 Å². The molecule has 0 saturated carbocycles. The zero-order chi connectivity index (χ0) is 15.6. The van der Waals surface area contributed by atoms with Crippen molar-refractivity contribution in [3.63, 3.8) is 0 Å². The first-order chi connectivity index (χ1) is 11.2. The van der Waals surface area contributed by atoms with Crippen molar-refractivity contribution in [2.45, 2.75) is 0 Å². The summed E-state index contributed by atoms with van der Waals surface area (Å²) in [6, 6.07) is 21.5. The number of rotatable bonds is 0. The SMILES string of the molecule is Brc1cc2[nH]c3cc(Br)c4ccccc4c3c2c2ccccc12. The first-order valence-corrected chi connectivity index (χ1v) is 9.02. The molecule has 0 saturated heterocycles. The van der Waals surface area contributed by atoms with Crippen LogP contribution >= 0.6 is 31.9 Å². The lowest BCUT2D eigenvalue weighted by molar-refractivity contribution is 1.54. The summed E-state index contributed by atoms with van der Waals surface area (Å²) in [6.07, 6.45) is 0. The van der Waals surface area contributed by atoms with Crippen LogP contribution in [0.25, 0.3) is 43.4 Å². The predicted octanol–water partition coefficient (Wildman–Crippen LogP) is 7.15. The number of aromatic nitrogens is 1. The topological polar surface area (TPSA) is 15.8 Å². The maximum Gasteiger partial charge on any atom is 0.0482 e. The fourth-order valence-corrected chi connectivity index (χ4v) is 4.69. The molecule has 4 aromatic carbocycles. The molecule has 0 aliphatic carbocycles. The summed E-state index contributed by atoms with van der Waals surface area (Å²) in [5.41, 5.74) is 2.32. The minimum Gasteiger partial charge on any atom is -0.354 e. The van der Waals surface area contributed by atoms with Crippen molar-refractivity contribution in [1.29, 1.82) is 0 Å². The molecular weight excluding hydrogens is 414 g/mol. The molecule has 0 unspecified atom stereocenters. The second kappa shape index (κ2) is 4.83. The molecule has 0 radical (unpaired) electrons. The van der Waals surface area contributed by atoms with Gasteiger partial charge in [0.2, 0.25) is 0 Å². The number of aromatic amines is 1. The molecule has 23 heavy (non-hydrogen) atoms. The number of H-pyrrole nitrogens is 1. The summed E-state index contributed by atoms with van der Waals surface area (Å²) in [4.78, 5) is 3.58. The van der Waals surface area contributed by atoms with Crippen molar-refractivity contribution in [3.8, 4) is 0 Å². The van der Waals surface area contributed by atoms with Gasteiger partial charge in [-0.15, -0.1) is 0 Å². The van der Waals surface area contributed by atoms with E-state index in [4.69, 9.17) is 0 Å². The molecular formula is C20H11Br2N. The van der Waals surface area contributed by atoms with Crippen LogP contribution < -0.4 is 0 Å². The molecule has 3 heteroatoms. The molecule has 1 heterocycles. The standard InChI is InChI=1S/C20H11Br2N/c21-15-9-17-19(13-7-3-1-5-11(13)15)20-14-8-4-2-6-12(14)16(22)10-18(20)23-17/h1-10,23H. The normalized spacial score (nSPS) is 11.9. The minimum absolute atomic E-state index is 1.12. The van der Waals surface area contributed by atoms with E-state index in [1.165, 1.54) is 32.3 Å². The summed E-state index contributed by atoms with van der Waals surface area (Å²) in [7, 11) is 0. The number of hydrogen-bond acceptors (Lipinski definition) is 0. The third kappa shape index (κ3) is 1.84. The summed E-state index contributed by atoms with van der Waals surface area (Å²) < 4.78 is 2.24.